The molecule has 1 N–H and O–H groups in total. The molecule has 2 rings (SSSR count). The summed E-state index contributed by atoms with van der Waals surface area (Å²) in [6.07, 6.45) is 1.63. The summed E-state index contributed by atoms with van der Waals surface area (Å²) < 4.78 is 4.60. The van der Waals surface area contributed by atoms with Crippen LogP contribution in [-0.4, -0.2) is 18.1 Å². The van der Waals surface area contributed by atoms with Crippen LogP contribution in [0.4, 0.5) is 0 Å². The van der Waals surface area contributed by atoms with Gasteiger partial charge in [0, 0.05) is 34.9 Å². The molecular formula is C15H14Cl2N2O2. The molecule has 21 heavy (non-hydrogen) atoms. The van der Waals surface area contributed by atoms with Crippen molar-refractivity contribution in [1.82, 2.24) is 10.3 Å². The number of hydrogen-bond donors (Lipinski definition) is 1. The van der Waals surface area contributed by atoms with Crippen molar-refractivity contribution in [3.05, 3.63) is 63.4 Å². The maximum atomic E-state index is 11.3. The van der Waals surface area contributed by atoms with E-state index in [1.165, 1.54) is 7.11 Å². The summed E-state index contributed by atoms with van der Waals surface area (Å²) in [7, 11) is 1.33. The highest BCUT2D eigenvalue weighted by Gasteiger charge is 2.07. The Labute approximate surface area is 133 Å². The second-order valence-electron chi connectivity index (χ2n) is 4.35. The van der Waals surface area contributed by atoms with Crippen LogP contribution in [0.15, 0.2) is 36.5 Å². The summed E-state index contributed by atoms with van der Waals surface area (Å²) in [5.74, 6) is -0.447. The Morgan fingerprint density at radius 3 is 2.48 bits per heavy atom. The Kier molecular flexibility index (Phi) is 5.56. The van der Waals surface area contributed by atoms with E-state index in [9.17, 15) is 4.79 Å². The van der Waals surface area contributed by atoms with E-state index in [4.69, 9.17) is 23.2 Å². The van der Waals surface area contributed by atoms with Crippen LogP contribution in [0.2, 0.25) is 10.0 Å². The highest BCUT2D eigenvalue weighted by atomic mass is 35.5. The molecule has 0 atom stereocenters. The van der Waals surface area contributed by atoms with Gasteiger partial charge in [0.05, 0.1) is 7.11 Å². The fraction of sp³-hybridized carbons (Fsp3) is 0.200. The molecule has 0 fully saturated rings. The van der Waals surface area contributed by atoms with Crippen LogP contribution in [0.3, 0.4) is 0 Å². The minimum atomic E-state index is -0.447. The van der Waals surface area contributed by atoms with E-state index in [0.717, 1.165) is 11.1 Å². The Balaban J connectivity index is 1.93. The lowest BCUT2D eigenvalue weighted by Gasteiger charge is -2.08. The number of hydrogen-bond acceptors (Lipinski definition) is 4. The van der Waals surface area contributed by atoms with Gasteiger partial charge in [-0.2, -0.15) is 0 Å². The number of pyridine rings is 1. The van der Waals surface area contributed by atoms with Crippen LogP contribution < -0.4 is 5.32 Å². The number of aromatic nitrogens is 1. The third kappa shape index (κ3) is 4.17. The second kappa shape index (κ2) is 7.41. The molecule has 110 valence electrons. The second-order valence-corrected chi connectivity index (χ2v) is 5.16. The van der Waals surface area contributed by atoms with Crippen molar-refractivity contribution in [1.29, 1.82) is 0 Å². The van der Waals surface area contributed by atoms with Gasteiger partial charge in [-0.15, -0.1) is 0 Å². The molecule has 0 saturated carbocycles. The third-order valence-electron chi connectivity index (χ3n) is 2.91. The maximum absolute atomic E-state index is 11.3. The number of nitrogens with zero attached hydrogens (tertiary/aromatic N) is 1. The average molecular weight is 325 g/mol. The largest absolute Gasteiger partial charge is 0.464 e. The number of ether oxygens (including phenoxy) is 1. The van der Waals surface area contributed by atoms with Crippen molar-refractivity contribution in [2.45, 2.75) is 13.1 Å². The van der Waals surface area contributed by atoms with Crippen molar-refractivity contribution in [3.8, 4) is 0 Å². The van der Waals surface area contributed by atoms with Crippen molar-refractivity contribution in [2.75, 3.05) is 7.11 Å². The average Bonchev–Trinajstić information content (AvgIpc) is 2.50. The first-order chi connectivity index (χ1) is 10.1. The van der Waals surface area contributed by atoms with Gasteiger partial charge in [0.25, 0.3) is 0 Å². The van der Waals surface area contributed by atoms with Crippen LogP contribution in [0, 0.1) is 0 Å². The number of rotatable bonds is 5. The molecule has 2 aromatic rings. The molecule has 0 aliphatic rings. The zero-order valence-corrected chi connectivity index (χ0v) is 12.9. The number of benzene rings is 1. The molecule has 0 radical (unpaired) electrons. The minimum Gasteiger partial charge on any atom is -0.464 e. The fourth-order valence-corrected chi connectivity index (χ4v) is 2.32. The summed E-state index contributed by atoms with van der Waals surface area (Å²) >= 11 is 12.2. The van der Waals surface area contributed by atoms with Crippen molar-refractivity contribution < 1.29 is 9.53 Å². The van der Waals surface area contributed by atoms with Gasteiger partial charge in [-0.3, -0.25) is 0 Å². The summed E-state index contributed by atoms with van der Waals surface area (Å²) in [4.78, 5) is 15.3. The van der Waals surface area contributed by atoms with E-state index in [1.807, 2.05) is 12.1 Å². The molecule has 0 amide bonds. The van der Waals surface area contributed by atoms with Gasteiger partial charge in [0.15, 0.2) is 0 Å². The van der Waals surface area contributed by atoms with Gasteiger partial charge in [-0.05, 0) is 23.8 Å². The van der Waals surface area contributed by atoms with Crippen LogP contribution in [0.25, 0.3) is 0 Å². The molecule has 0 bridgehead atoms. The molecule has 0 unspecified atom stereocenters. The van der Waals surface area contributed by atoms with E-state index in [2.05, 4.69) is 15.0 Å². The molecule has 1 aromatic carbocycles. The number of carbonyl (C=O) groups is 1. The molecule has 0 saturated heterocycles. The predicted octanol–water partition coefficient (Wildman–Crippen LogP) is 3.46. The minimum absolute atomic E-state index is 0.287. The molecule has 0 aliphatic heterocycles. The van der Waals surface area contributed by atoms with E-state index >= 15 is 0 Å². The van der Waals surface area contributed by atoms with Crippen LogP contribution >= 0.6 is 23.2 Å². The van der Waals surface area contributed by atoms with E-state index in [1.54, 1.807) is 24.4 Å². The summed E-state index contributed by atoms with van der Waals surface area (Å²) in [6.45, 7) is 1.15. The molecule has 0 spiro atoms. The molecule has 1 aromatic heterocycles. The quantitative estimate of drug-likeness (QED) is 0.856. The molecule has 1 heterocycles. The van der Waals surface area contributed by atoms with Gasteiger partial charge in [0.2, 0.25) is 0 Å². The number of carbonyl (C=O) groups excluding carboxylic acids is 1. The zero-order valence-electron chi connectivity index (χ0n) is 11.4. The van der Waals surface area contributed by atoms with Crippen LogP contribution in [0.1, 0.15) is 21.6 Å². The predicted molar refractivity (Wildman–Crippen MR) is 82.6 cm³/mol. The molecular weight excluding hydrogens is 311 g/mol. The van der Waals surface area contributed by atoms with Gasteiger partial charge >= 0.3 is 5.97 Å². The zero-order chi connectivity index (χ0) is 15.2. The summed E-state index contributed by atoms with van der Waals surface area (Å²) in [6, 6.07) is 8.86. The molecule has 4 nitrogen and oxygen atoms in total. The standard InChI is InChI=1S/C15H14Cl2N2O2/c1-21-15(20)14-6-5-10(8-19-14)7-18-9-11-12(16)3-2-4-13(11)17/h2-6,8,18H,7,9H2,1H3. The topological polar surface area (TPSA) is 51.2 Å². The van der Waals surface area contributed by atoms with E-state index in [-0.39, 0.29) is 5.69 Å². The van der Waals surface area contributed by atoms with Gasteiger partial charge in [-0.1, -0.05) is 35.3 Å². The summed E-state index contributed by atoms with van der Waals surface area (Å²) in [5, 5.41) is 4.50. The van der Waals surface area contributed by atoms with Crippen LogP contribution in [0.5, 0.6) is 0 Å². The first-order valence-electron chi connectivity index (χ1n) is 6.28. The molecule has 0 aliphatic carbocycles. The lowest BCUT2D eigenvalue weighted by atomic mass is 10.2. The van der Waals surface area contributed by atoms with Crippen LogP contribution in [-0.2, 0) is 17.8 Å². The van der Waals surface area contributed by atoms with E-state index < -0.39 is 5.97 Å². The first kappa shape index (κ1) is 15.8. The summed E-state index contributed by atoms with van der Waals surface area (Å²) in [5.41, 5.74) is 2.10. The number of esters is 1. The Bertz CT molecular complexity index is 610. The Hall–Kier alpha value is -1.62. The fourth-order valence-electron chi connectivity index (χ4n) is 1.79. The number of halogens is 2. The van der Waals surface area contributed by atoms with Gasteiger partial charge in [-0.25, -0.2) is 9.78 Å². The lowest BCUT2D eigenvalue weighted by Crippen LogP contribution is -2.14. The lowest BCUT2D eigenvalue weighted by molar-refractivity contribution is 0.0594. The number of nitrogens with one attached hydrogen (secondary N) is 1. The highest BCUT2D eigenvalue weighted by Crippen LogP contribution is 2.23. The first-order valence-corrected chi connectivity index (χ1v) is 7.04. The van der Waals surface area contributed by atoms with Crippen molar-refractivity contribution >= 4 is 29.2 Å². The van der Waals surface area contributed by atoms with E-state index in [0.29, 0.717) is 23.1 Å². The van der Waals surface area contributed by atoms with Gasteiger partial charge < -0.3 is 10.1 Å². The third-order valence-corrected chi connectivity index (χ3v) is 3.62. The van der Waals surface area contributed by atoms with Gasteiger partial charge in [0.1, 0.15) is 5.69 Å². The molecule has 6 heteroatoms. The Morgan fingerprint density at radius 1 is 1.19 bits per heavy atom. The Morgan fingerprint density at radius 2 is 1.90 bits per heavy atom. The number of methoxy groups -OCH3 is 1. The van der Waals surface area contributed by atoms with Crippen molar-refractivity contribution in [3.63, 3.8) is 0 Å². The normalized spacial score (nSPS) is 10.4. The van der Waals surface area contributed by atoms with Crippen molar-refractivity contribution in [2.24, 2.45) is 0 Å². The SMILES string of the molecule is COC(=O)c1ccc(CNCc2c(Cl)cccc2Cl)cn1. The monoisotopic (exact) mass is 324 g/mol. The smallest absolute Gasteiger partial charge is 0.356 e. The highest BCUT2D eigenvalue weighted by molar-refractivity contribution is 6.35. The maximum Gasteiger partial charge on any atom is 0.356 e.